The molecule has 1 heterocycles. The number of nitrogens with one attached hydrogen (secondary N) is 1. The van der Waals surface area contributed by atoms with Gasteiger partial charge in [0.1, 0.15) is 0 Å². The number of hydrogen-bond donors (Lipinski definition) is 1. The molecule has 1 saturated heterocycles. The van der Waals surface area contributed by atoms with E-state index in [1.165, 1.54) is 6.92 Å². The zero-order valence-electron chi connectivity index (χ0n) is 12.3. The molecule has 1 aliphatic heterocycles. The smallest absolute Gasteiger partial charge is 0.243 e. The predicted octanol–water partition coefficient (Wildman–Crippen LogP) is 1.54. The van der Waals surface area contributed by atoms with Gasteiger partial charge in [0.25, 0.3) is 0 Å². The third-order valence-electron chi connectivity index (χ3n) is 3.66. The molecule has 0 unspecified atom stereocenters. The van der Waals surface area contributed by atoms with E-state index in [0.29, 0.717) is 31.0 Å². The summed E-state index contributed by atoms with van der Waals surface area (Å²) in [5, 5.41) is 2.73. The van der Waals surface area contributed by atoms with Crippen LogP contribution in [0, 0.1) is 0 Å². The number of piperidine rings is 1. The van der Waals surface area contributed by atoms with Crippen LogP contribution < -0.4 is 5.32 Å². The fraction of sp³-hybridized carbons (Fsp3) is 0.533. The van der Waals surface area contributed by atoms with E-state index in [9.17, 15) is 13.2 Å². The molecule has 0 aromatic heterocycles. The van der Waals surface area contributed by atoms with Crippen LogP contribution in [0.3, 0.4) is 0 Å². The monoisotopic (exact) mass is 310 g/mol. The molecule has 0 radical (unpaired) electrons. The number of benzene rings is 1. The molecule has 0 saturated carbocycles. The third-order valence-corrected chi connectivity index (χ3v) is 5.58. The van der Waals surface area contributed by atoms with Gasteiger partial charge in [-0.3, -0.25) is 4.79 Å². The first kappa shape index (κ1) is 16.0. The molecule has 2 rings (SSSR count). The molecule has 1 N–H and O–H groups in total. The average Bonchev–Trinajstić information content (AvgIpc) is 2.48. The Morgan fingerprint density at radius 3 is 2.33 bits per heavy atom. The van der Waals surface area contributed by atoms with Crippen LogP contribution in [0.15, 0.2) is 29.2 Å². The molecule has 1 aromatic carbocycles. The number of rotatable bonds is 5. The van der Waals surface area contributed by atoms with Crippen LogP contribution in [0.2, 0.25) is 0 Å². The van der Waals surface area contributed by atoms with Crippen molar-refractivity contribution in [3.05, 3.63) is 29.8 Å². The Morgan fingerprint density at radius 2 is 1.76 bits per heavy atom. The minimum absolute atomic E-state index is 0.0562. The average molecular weight is 310 g/mol. The van der Waals surface area contributed by atoms with E-state index in [4.69, 9.17) is 0 Å². The van der Waals surface area contributed by atoms with Crippen LogP contribution in [0.25, 0.3) is 0 Å². The molecule has 5 nitrogen and oxygen atoms in total. The maximum atomic E-state index is 12.5. The van der Waals surface area contributed by atoms with E-state index >= 15 is 0 Å². The molecule has 0 spiro atoms. The third kappa shape index (κ3) is 4.28. The second kappa shape index (κ2) is 7.04. The first-order chi connectivity index (χ1) is 10.00. The summed E-state index contributed by atoms with van der Waals surface area (Å²) < 4.78 is 26.5. The van der Waals surface area contributed by atoms with Crippen molar-refractivity contribution in [1.82, 2.24) is 9.62 Å². The Hall–Kier alpha value is -1.40. The molecule has 1 aromatic rings. The van der Waals surface area contributed by atoms with Gasteiger partial charge in [-0.2, -0.15) is 4.31 Å². The molecule has 21 heavy (non-hydrogen) atoms. The topological polar surface area (TPSA) is 66.5 Å². The molecule has 0 aliphatic carbocycles. The summed E-state index contributed by atoms with van der Waals surface area (Å²) in [6.07, 6.45) is 3.68. The molecule has 6 heteroatoms. The Bertz CT molecular complexity index is 575. The van der Waals surface area contributed by atoms with Crippen LogP contribution in [-0.4, -0.2) is 38.3 Å². The van der Waals surface area contributed by atoms with E-state index in [0.717, 1.165) is 24.8 Å². The highest BCUT2D eigenvalue weighted by Crippen LogP contribution is 2.20. The number of carbonyl (C=O) groups is 1. The van der Waals surface area contributed by atoms with Crippen molar-refractivity contribution in [2.45, 2.75) is 37.5 Å². The molecule has 1 fully saturated rings. The quantitative estimate of drug-likeness (QED) is 0.897. The normalized spacial score (nSPS) is 16.6. The Kier molecular flexibility index (Phi) is 5.36. The second-order valence-electron chi connectivity index (χ2n) is 5.34. The molecule has 1 amide bonds. The van der Waals surface area contributed by atoms with Crippen molar-refractivity contribution in [3.8, 4) is 0 Å². The van der Waals surface area contributed by atoms with Gasteiger partial charge in [-0.05, 0) is 37.0 Å². The fourth-order valence-electron chi connectivity index (χ4n) is 2.47. The van der Waals surface area contributed by atoms with Crippen LogP contribution >= 0.6 is 0 Å². The maximum Gasteiger partial charge on any atom is 0.243 e. The van der Waals surface area contributed by atoms with Gasteiger partial charge in [-0.1, -0.05) is 18.6 Å². The van der Waals surface area contributed by atoms with Crippen molar-refractivity contribution in [1.29, 1.82) is 0 Å². The Labute approximate surface area is 126 Å². The van der Waals surface area contributed by atoms with Crippen LogP contribution in [0.1, 0.15) is 31.7 Å². The molecular formula is C15H22N2O3S. The number of hydrogen-bond acceptors (Lipinski definition) is 3. The Balaban J connectivity index is 2.02. The Morgan fingerprint density at radius 1 is 1.14 bits per heavy atom. The largest absolute Gasteiger partial charge is 0.356 e. The van der Waals surface area contributed by atoms with Crippen LogP contribution in [-0.2, 0) is 21.2 Å². The molecule has 1 aliphatic rings. The summed E-state index contributed by atoms with van der Waals surface area (Å²) >= 11 is 0. The summed E-state index contributed by atoms with van der Waals surface area (Å²) in [5.41, 5.74) is 1.02. The molecule has 116 valence electrons. The van der Waals surface area contributed by atoms with Gasteiger partial charge in [0.2, 0.25) is 15.9 Å². The predicted molar refractivity (Wildman–Crippen MR) is 81.4 cm³/mol. The van der Waals surface area contributed by atoms with Gasteiger partial charge in [0, 0.05) is 26.6 Å². The zero-order valence-corrected chi connectivity index (χ0v) is 13.2. The fourth-order valence-corrected chi connectivity index (χ4v) is 3.98. The van der Waals surface area contributed by atoms with E-state index in [1.54, 1.807) is 16.4 Å². The molecule has 0 bridgehead atoms. The lowest BCUT2D eigenvalue weighted by molar-refractivity contribution is -0.118. The minimum Gasteiger partial charge on any atom is -0.356 e. The van der Waals surface area contributed by atoms with E-state index in [-0.39, 0.29) is 5.91 Å². The van der Waals surface area contributed by atoms with Gasteiger partial charge in [-0.15, -0.1) is 0 Å². The number of carbonyl (C=O) groups excluding carboxylic acids is 1. The summed E-state index contributed by atoms with van der Waals surface area (Å²) in [6.45, 7) is 3.28. The summed E-state index contributed by atoms with van der Waals surface area (Å²) in [4.78, 5) is 11.2. The maximum absolute atomic E-state index is 12.5. The van der Waals surface area contributed by atoms with Crippen LogP contribution in [0.4, 0.5) is 0 Å². The first-order valence-corrected chi connectivity index (χ1v) is 8.78. The van der Waals surface area contributed by atoms with Gasteiger partial charge in [-0.25, -0.2) is 8.42 Å². The lowest BCUT2D eigenvalue weighted by atomic mass is 10.1. The summed E-state index contributed by atoms with van der Waals surface area (Å²) in [7, 11) is -3.35. The first-order valence-electron chi connectivity index (χ1n) is 7.34. The second-order valence-corrected chi connectivity index (χ2v) is 7.28. The van der Waals surface area contributed by atoms with Gasteiger partial charge in [0.05, 0.1) is 4.90 Å². The number of amides is 1. The highest BCUT2D eigenvalue weighted by atomic mass is 32.2. The van der Waals surface area contributed by atoms with Crippen molar-refractivity contribution >= 4 is 15.9 Å². The SMILES string of the molecule is CC(=O)NCCc1ccc(S(=O)(=O)N2CCCCC2)cc1. The summed E-state index contributed by atoms with van der Waals surface area (Å²) in [6, 6.07) is 6.96. The van der Waals surface area contributed by atoms with E-state index < -0.39 is 10.0 Å². The number of sulfonamides is 1. The van der Waals surface area contributed by atoms with E-state index in [2.05, 4.69) is 5.32 Å². The zero-order chi connectivity index (χ0) is 15.3. The lowest BCUT2D eigenvalue weighted by Gasteiger charge is -2.25. The van der Waals surface area contributed by atoms with Gasteiger partial charge < -0.3 is 5.32 Å². The minimum atomic E-state index is -3.35. The molecule has 0 atom stereocenters. The highest BCUT2D eigenvalue weighted by molar-refractivity contribution is 7.89. The standard InChI is InChI=1S/C15H22N2O3S/c1-13(18)16-10-9-14-5-7-15(8-6-14)21(19,20)17-11-3-2-4-12-17/h5-8H,2-4,9-12H2,1H3,(H,16,18). The molecular weight excluding hydrogens is 288 g/mol. The summed E-state index contributed by atoms with van der Waals surface area (Å²) in [5.74, 6) is -0.0562. The van der Waals surface area contributed by atoms with Gasteiger partial charge in [0.15, 0.2) is 0 Å². The van der Waals surface area contributed by atoms with Crippen molar-refractivity contribution in [2.24, 2.45) is 0 Å². The van der Waals surface area contributed by atoms with E-state index in [1.807, 2.05) is 12.1 Å². The van der Waals surface area contributed by atoms with Gasteiger partial charge >= 0.3 is 0 Å². The van der Waals surface area contributed by atoms with Crippen molar-refractivity contribution in [2.75, 3.05) is 19.6 Å². The van der Waals surface area contributed by atoms with Crippen molar-refractivity contribution < 1.29 is 13.2 Å². The number of nitrogens with zero attached hydrogens (tertiary/aromatic N) is 1. The van der Waals surface area contributed by atoms with Crippen LogP contribution in [0.5, 0.6) is 0 Å². The lowest BCUT2D eigenvalue weighted by Crippen LogP contribution is -2.35. The highest BCUT2D eigenvalue weighted by Gasteiger charge is 2.25. The van der Waals surface area contributed by atoms with Crippen molar-refractivity contribution in [3.63, 3.8) is 0 Å².